The van der Waals surface area contributed by atoms with Gasteiger partial charge in [-0.15, -0.1) is 0 Å². The highest BCUT2D eigenvalue weighted by atomic mass is 16.2. The van der Waals surface area contributed by atoms with Gasteiger partial charge in [-0.1, -0.05) is 36.4 Å². The molecule has 4 heteroatoms. The number of carbonyl (C=O) groups excluding carboxylic acids is 2. The van der Waals surface area contributed by atoms with Gasteiger partial charge in [-0.3, -0.25) is 9.59 Å². The Morgan fingerprint density at radius 3 is 1.96 bits per heavy atom. The third-order valence-corrected chi connectivity index (χ3v) is 4.00. The zero-order chi connectivity index (χ0) is 18.6. The van der Waals surface area contributed by atoms with E-state index in [4.69, 9.17) is 0 Å². The van der Waals surface area contributed by atoms with Gasteiger partial charge in [0.25, 0.3) is 11.8 Å². The van der Waals surface area contributed by atoms with Gasteiger partial charge in [0.05, 0.1) is 5.54 Å². The molecule has 2 amide bonds. The molecule has 4 nitrogen and oxygen atoms in total. The van der Waals surface area contributed by atoms with E-state index in [1.54, 1.807) is 23.2 Å². The summed E-state index contributed by atoms with van der Waals surface area (Å²) in [5.74, 6) is -0.350. The van der Waals surface area contributed by atoms with Crippen molar-refractivity contribution in [3.05, 3.63) is 71.3 Å². The Bertz CT molecular complexity index is 748. The largest absolute Gasteiger partial charge is 0.273 e. The fraction of sp³-hybridized carbons (Fsp3) is 0.333. The Kier molecular flexibility index (Phi) is 5.62. The van der Waals surface area contributed by atoms with Crippen LogP contribution >= 0.6 is 0 Å². The van der Waals surface area contributed by atoms with Crippen LogP contribution in [0.4, 0.5) is 0 Å². The second kappa shape index (κ2) is 7.51. The Hall–Kier alpha value is -2.62. The van der Waals surface area contributed by atoms with E-state index in [9.17, 15) is 9.59 Å². The summed E-state index contributed by atoms with van der Waals surface area (Å²) >= 11 is 0. The maximum atomic E-state index is 13.3. The van der Waals surface area contributed by atoms with Gasteiger partial charge >= 0.3 is 0 Å². The van der Waals surface area contributed by atoms with Crippen molar-refractivity contribution in [3.8, 4) is 0 Å². The first-order chi connectivity index (χ1) is 11.8. The van der Waals surface area contributed by atoms with Crippen molar-refractivity contribution in [3.63, 3.8) is 0 Å². The molecule has 0 heterocycles. The number of rotatable bonds is 3. The molecule has 0 fully saturated rings. The molecule has 0 aromatic heterocycles. The zero-order valence-electron chi connectivity index (χ0n) is 15.6. The molecule has 0 radical (unpaired) electrons. The second-order valence-corrected chi connectivity index (χ2v) is 6.99. The van der Waals surface area contributed by atoms with Gasteiger partial charge in [-0.25, -0.2) is 10.0 Å². The van der Waals surface area contributed by atoms with Crippen molar-refractivity contribution in [1.82, 2.24) is 10.0 Å². The number of hydrogen-bond acceptors (Lipinski definition) is 2. The van der Waals surface area contributed by atoms with Crippen LogP contribution in [-0.4, -0.2) is 33.9 Å². The maximum absolute atomic E-state index is 13.3. The van der Waals surface area contributed by atoms with E-state index in [2.05, 4.69) is 0 Å². The standard InChI is InChI=1S/C21H26N2O2/c1-6-22(19(24)17-13-8-7-9-14-17)23(21(3,4)5)20(25)18-15-11-10-12-16(18)2/h7-15H,6H2,1-5H3. The van der Waals surface area contributed by atoms with E-state index in [1.165, 1.54) is 5.01 Å². The summed E-state index contributed by atoms with van der Waals surface area (Å²) in [6.45, 7) is 10.00. The van der Waals surface area contributed by atoms with Crippen molar-refractivity contribution >= 4 is 11.8 Å². The van der Waals surface area contributed by atoms with Crippen molar-refractivity contribution in [2.75, 3.05) is 6.54 Å². The number of aryl methyl sites for hydroxylation is 1. The molecular weight excluding hydrogens is 312 g/mol. The fourth-order valence-corrected chi connectivity index (χ4v) is 2.81. The third kappa shape index (κ3) is 4.08. The SMILES string of the molecule is CCN(C(=O)c1ccccc1)N(C(=O)c1ccccc1C)C(C)(C)C. The molecule has 0 aliphatic carbocycles. The Morgan fingerprint density at radius 1 is 0.880 bits per heavy atom. The van der Waals surface area contributed by atoms with Crippen LogP contribution < -0.4 is 0 Å². The molecule has 25 heavy (non-hydrogen) atoms. The molecule has 132 valence electrons. The molecule has 0 atom stereocenters. The van der Waals surface area contributed by atoms with Crippen molar-refractivity contribution in [1.29, 1.82) is 0 Å². The van der Waals surface area contributed by atoms with Crippen molar-refractivity contribution in [2.24, 2.45) is 0 Å². The molecule has 0 bridgehead atoms. The van der Waals surface area contributed by atoms with E-state index >= 15 is 0 Å². The lowest BCUT2D eigenvalue weighted by Crippen LogP contribution is -2.58. The van der Waals surface area contributed by atoms with Crippen molar-refractivity contribution in [2.45, 2.75) is 40.2 Å². The van der Waals surface area contributed by atoms with Gasteiger partial charge in [0.2, 0.25) is 0 Å². The highest BCUT2D eigenvalue weighted by Gasteiger charge is 2.35. The number of nitrogens with zero attached hydrogens (tertiary/aromatic N) is 2. The van der Waals surface area contributed by atoms with Gasteiger partial charge < -0.3 is 0 Å². The predicted octanol–water partition coefficient (Wildman–Crippen LogP) is 4.31. The Labute approximate surface area is 150 Å². The summed E-state index contributed by atoms with van der Waals surface area (Å²) in [6, 6.07) is 16.5. The number of amides is 2. The molecule has 0 saturated carbocycles. The number of benzene rings is 2. The number of hydrogen-bond donors (Lipinski definition) is 0. The van der Waals surface area contributed by atoms with E-state index in [0.29, 0.717) is 17.7 Å². The Balaban J connectivity index is 2.47. The van der Waals surface area contributed by atoms with Crippen molar-refractivity contribution < 1.29 is 9.59 Å². The minimum Gasteiger partial charge on any atom is -0.267 e. The topological polar surface area (TPSA) is 40.6 Å². The van der Waals surface area contributed by atoms with Gasteiger partial charge in [-0.05, 0) is 58.4 Å². The lowest BCUT2D eigenvalue weighted by molar-refractivity contribution is -0.0411. The van der Waals surface area contributed by atoms with E-state index in [0.717, 1.165) is 5.56 Å². The zero-order valence-corrected chi connectivity index (χ0v) is 15.6. The van der Waals surface area contributed by atoms with Crippen LogP contribution in [-0.2, 0) is 0 Å². The van der Waals surface area contributed by atoms with Crippen LogP contribution in [0.15, 0.2) is 54.6 Å². The summed E-state index contributed by atoms with van der Waals surface area (Å²) in [4.78, 5) is 26.3. The molecule has 0 saturated heterocycles. The molecule has 0 N–H and O–H groups in total. The monoisotopic (exact) mass is 338 g/mol. The second-order valence-electron chi connectivity index (χ2n) is 6.99. The molecule has 0 aliphatic heterocycles. The lowest BCUT2D eigenvalue weighted by Gasteiger charge is -2.43. The fourth-order valence-electron chi connectivity index (χ4n) is 2.81. The van der Waals surface area contributed by atoms with Crippen LogP contribution in [0, 0.1) is 6.92 Å². The van der Waals surface area contributed by atoms with Crippen LogP contribution in [0.1, 0.15) is 54.0 Å². The van der Waals surface area contributed by atoms with Gasteiger partial charge in [0.15, 0.2) is 0 Å². The highest BCUT2D eigenvalue weighted by molar-refractivity contribution is 6.00. The number of hydrazine groups is 1. The molecule has 0 unspecified atom stereocenters. The van der Waals surface area contributed by atoms with Gasteiger partial charge in [0.1, 0.15) is 0 Å². The average Bonchev–Trinajstić information content (AvgIpc) is 2.58. The maximum Gasteiger partial charge on any atom is 0.273 e. The summed E-state index contributed by atoms with van der Waals surface area (Å²) in [5, 5.41) is 3.11. The normalized spacial score (nSPS) is 11.1. The molecule has 0 spiro atoms. The van der Waals surface area contributed by atoms with E-state index in [-0.39, 0.29) is 11.8 Å². The summed E-state index contributed by atoms with van der Waals surface area (Å²) in [6.07, 6.45) is 0. The van der Waals surface area contributed by atoms with E-state index in [1.807, 2.05) is 71.0 Å². The van der Waals surface area contributed by atoms with Crippen LogP contribution in [0.3, 0.4) is 0 Å². The first-order valence-electron chi connectivity index (χ1n) is 8.54. The summed E-state index contributed by atoms with van der Waals surface area (Å²) in [7, 11) is 0. The van der Waals surface area contributed by atoms with Gasteiger partial charge in [0, 0.05) is 17.7 Å². The van der Waals surface area contributed by atoms with Crippen LogP contribution in [0.25, 0.3) is 0 Å². The first kappa shape index (κ1) is 18.7. The third-order valence-electron chi connectivity index (χ3n) is 4.00. The Morgan fingerprint density at radius 2 is 1.44 bits per heavy atom. The van der Waals surface area contributed by atoms with Crippen LogP contribution in [0.5, 0.6) is 0 Å². The quantitative estimate of drug-likeness (QED) is 0.782. The summed E-state index contributed by atoms with van der Waals surface area (Å²) in [5.41, 5.74) is 1.53. The predicted molar refractivity (Wildman–Crippen MR) is 100 cm³/mol. The average molecular weight is 338 g/mol. The minimum absolute atomic E-state index is 0.170. The molecular formula is C21H26N2O2. The van der Waals surface area contributed by atoms with Gasteiger partial charge in [-0.2, -0.15) is 0 Å². The summed E-state index contributed by atoms with van der Waals surface area (Å²) < 4.78 is 0. The van der Waals surface area contributed by atoms with E-state index < -0.39 is 5.54 Å². The lowest BCUT2D eigenvalue weighted by atomic mass is 10.0. The molecule has 2 aromatic rings. The number of carbonyl (C=O) groups is 2. The van der Waals surface area contributed by atoms with Crippen LogP contribution in [0.2, 0.25) is 0 Å². The molecule has 2 rings (SSSR count). The minimum atomic E-state index is -0.542. The molecule has 2 aromatic carbocycles. The highest BCUT2D eigenvalue weighted by Crippen LogP contribution is 2.23. The smallest absolute Gasteiger partial charge is 0.267 e. The first-order valence-corrected chi connectivity index (χ1v) is 8.54. The molecule has 0 aliphatic rings.